The maximum atomic E-state index is 12.2. The summed E-state index contributed by atoms with van der Waals surface area (Å²) in [6.45, 7) is 8.01. The molecule has 2 rings (SSSR count). The Morgan fingerprint density at radius 2 is 2.09 bits per heavy atom. The van der Waals surface area contributed by atoms with E-state index in [9.17, 15) is 4.79 Å². The van der Waals surface area contributed by atoms with Gasteiger partial charge in [0.15, 0.2) is 0 Å². The number of hydrogen-bond acceptors (Lipinski definition) is 3. The van der Waals surface area contributed by atoms with Gasteiger partial charge in [-0.05, 0) is 49.9 Å². The van der Waals surface area contributed by atoms with Gasteiger partial charge in [0, 0.05) is 37.6 Å². The first-order chi connectivity index (χ1) is 10.6. The largest absolute Gasteiger partial charge is 0.494 e. The number of piperazine rings is 1. The molecule has 122 valence electrons. The Labute approximate surface area is 137 Å². The van der Waals surface area contributed by atoms with Crippen LogP contribution in [0.25, 0.3) is 0 Å². The van der Waals surface area contributed by atoms with Crippen molar-refractivity contribution in [3.8, 4) is 5.75 Å². The van der Waals surface area contributed by atoms with Gasteiger partial charge in [-0.15, -0.1) is 0 Å². The predicted octanol–water partition coefficient (Wildman–Crippen LogP) is 2.80. The molecule has 0 aliphatic carbocycles. The van der Waals surface area contributed by atoms with Crippen LogP contribution in [0.5, 0.6) is 5.75 Å². The Balaban J connectivity index is 1.90. The van der Waals surface area contributed by atoms with Gasteiger partial charge in [-0.2, -0.15) is 0 Å². The van der Waals surface area contributed by atoms with Crippen LogP contribution in [0, 0.1) is 6.92 Å². The SMILES string of the molecule is CCOc1cc(C)c(Cl)cc1CCCC(=O)N1CCNCC1. The molecule has 0 saturated carbocycles. The summed E-state index contributed by atoms with van der Waals surface area (Å²) in [6, 6.07) is 3.95. The van der Waals surface area contributed by atoms with Gasteiger partial charge >= 0.3 is 0 Å². The fourth-order valence-electron chi connectivity index (χ4n) is 2.68. The average molecular weight is 325 g/mol. The molecule has 1 aliphatic heterocycles. The Morgan fingerprint density at radius 1 is 1.36 bits per heavy atom. The van der Waals surface area contributed by atoms with Crippen LogP contribution >= 0.6 is 11.6 Å². The van der Waals surface area contributed by atoms with Gasteiger partial charge in [0.1, 0.15) is 5.75 Å². The van der Waals surface area contributed by atoms with Crippen LogP contribution in [-0.2, 0) is 11.2 Å². The van der Waals surface area contributed by atoms with Gasteiger partial charge in [0.2, 0.25) is 5.91 Å². The highest BCUT2D eigenvalue weighted by atomic mass is 35.5. The number of carbonyl (C=O) groups is 1. The van der Waals surface area contributed by atoms with E-state index in [0.717, 1.165) is 60.9 Å². The van der Waals surface area contributed by atoms with Gasteiger partial charge < -0.3 is 15.0 Å². The highest BCUT2D eigenvalue weighted by Gasteiger charge is 2.16. The van der Waals surface area contributed by atoms with Crippen molar-refractivity contribution in [3.63, 3.8) is 0 Å². The van der Waals surface area contributed by atoms with Crippen LogP contribution in [0.2, 0.25) is 5.02 Å². The quantitative estimate of drug-likeness (QED) is 0.875. The summed E-state index contributed by atoms with van der Waals surface area (Å²) in [5.41, 5.74) is 2.11. The second-order valence-electron chi connectivity index (χ2n) is 5.63. The smallest absolute Gasteiger partial charge is 0.222 e. The molecule has 1 aliphatic rings. The third kappa shape index (κ3) is 4.62. The number of nitrogens with one attached hydrogen (secondary N) is 1. The normalized spacial score (nSPS) is 15.0. The van der Waals surface area contributed by atoms with Crippen molar-refractivity contribution < 1.29 is 9.53 Å². The van der Waals surface area contributed by atoms with Gasteiger partial charge in [-0.25, -0.2) is 0 Å². The molecule has 0 atom stereocenters. The fraction of sp³-hybridized carbons (Fsp3) is 0.588. The molecule has 0 spiro atoms. The molecule has 0 radical (unpaired) electrons. The minimum absolute atomic E-state index is 0.248. The summed E-state index contributed by atoms with van der Waals surface area (Å²) >= 11 is 6.21. The maximum Gasteiger partial charge on any atom is 0.222 e. The predicted molar refractivity (Wildman–Crippen MR) is 89.7 cm³/mol. The molecular formula is C17H25ClN2O2. The van der Waals surface area contributed by atoms with E-state index in [0.29, 0.717) is 13.0 Å². The van der Waals surface area contributed by atoms with Gasteiger partial charge in [-0.3, -0.25) is 4.79 Å². The molecule has 1 aromatic carbocycles. The number of ether oxygens (including phenoxy) is 1. The van der Waals surface area contributed by atoms with E-state index < -0.39 is 0 Å². The third-order valence-electron chi connectivity index (χ3n) is 3.95. The highest BCUT2D eigenvalue weighted by molar-refractivity contribution is 6.31. The van der Waals surface area contributed by atoms with Crippen LogP contribution in [0.15, 0.2) is 12.1 Å². The van der Waals surface area contributed by atoms with Crippen LogP contribution in [0.3, 0.4) is 0 Å². The number of benzene rings is 1. The first-order valence-electron chi connectivity index (χ1n) is 8.02. The number of hydrogen-bond donors (Lipinski definition) is 1. The summed E-state index contributed by atoms with van der Waals surface area (Å²) in [5, 5.41) is 4.02. The van der Waals surface area contributed by atoms with Crippen LogP contribution in [-0.4, -0.2) is 43.6 Å². The lowest BCUT2D eigenvalue weighted by atomic mass is 10.0. The number of carbonyl (C=O) groups excluding carboxylic acids is 1. The molecule has 1 saturated heterocycles. The van der Waals surface area contributed by atoms with E-state index in [1.165, 1.54) is 0 Å². The van der Waals surface area contributed by atoms with E-state index in [2.05, 4.69) is 5.32 Å². The Hall–Kier alpha value is -1.26. The van der Waals surface area contributed by atoms with E-state index in [1.54, 1.807) is 0 Å². The minimum atomic E-state index is 0.248. The zero-order valence-corrected chi connectivity index (χ0v) is 14.2. The van der Waals surface area contributed by atoms with Crippen molar-refractivity contribution in [2.24, 2.45) is 0 Å². The maximum absolute atomic E-state index is 12.2. The molecule has 5 heteroatoms. The molecule has 0 unspecified atom stereocenters. The Morgan fingerprint density at radius 3 is 2.77 bits per heavy atom. The van der Waals surface area contributed by atoms with Crippen LogP contribution in [0.4, 0.5) is 0 Å². The Bertz CT molecular complexity index is 514. The van der Waals surface area contributed by atoms with Crippen molar-refractivity contribution in [2.75, 3.05) is 32.8 Å². The number of amides is 1. The van der Waals surface area contributed by atoms with Crippen molar-refractivity contribution in [1.29, 1.82) is 0 Å². The zero-order valence-electron chi connectivity index (χ0n) is 13.5. The topological polar surface area (TPSA) is 41.6 Å². The summed E-state index contributed by atoms with van der Waals surface area (Å²) in [6.07, 6.45) is 2.21. The van der Waals surface area contributed by atoms with E-state index >= 15 is 0 Å². The number of rotatable bonds is 6. The second-order valence-corrected chi connectivity index (χ2v) is 6.03. The molecule has 1 aromatic rings. The minimum Gasteiger partial charge on any atom is -0.494 e. The fourth-order valence-corrected chi connectivity index (χ4v) is 2.87. The van der Waals surface area contributed by atoms with E-state index in [-0.39, 0.29) is 5.91 Å². The van der Waals surface area contributed by atoms with E-state index in [1.807, 2.05) is 30.9 Å². The molecule has 1 heterocycles. The standard InChI is InChI=1S/C17H25ClN2O2/c1-3-22-16-11-13(2)15(18)12-14(16)5-4-6-17(21)20-9-7-19-8-10-20/h11-12,19H,3-10H2,1-2H3. The summed E-state index contributed by atoms with van der Waals surface area (Å²) in [4.78, 5) is 14.1. The van der Waals surface area contributed by atoms with E-state index in [4.69, 9.17) is 16.3 Å². The number of nitrogens with zero attached hydrogens (tertiary/aromatic N) is 1. The second kappa shape index (κ2) is 8.39. The Kier molecular flexibility index (Phi) is 6.52. The number of aryl methyl sites for hydroxylation is 2. The van der Waals surface area contributed by atoms with Crippen molar-refractivity contribution >= 4 is 17.5 Å². The molecule has 1 N–H and O–H groups in total. The van der Waals surface area contributed by atoms with Crippen molar-refractivity contribution in [1.82, 2.24) is 10.2 Å². The lowest BCUT2D eigenvalue weighted by Gasteiger charge is -2.27. The summed E-state index contributed by atoms with van der Waals surface area (Å²) in [7, 11) is 0. The third-order valence-corrected chi connectivity index (χ3v) is 4.36. The lowest BCUT2D eigenvalue weighted by Crippen LogP contribution is -2.46. The molecule has 0 aromatic heterocycles. The average Bonchev–Trinajstić information content (AvgIpc) is 2.53. The first-order valence-corrected chi connectivity index (χ1v) is 8.40. The molecule has 22 heavy (non-hydrogen) atoms. The molecule has 0 bridgehead atoms. The number of halogens is 1. The molecule has 4 nitrogen and oxygen atoms in total. The lowest BCUT2D eigenvalue weighted by molar-refractivity contribution is -0.131. The van der Waals surface area contributed by atoms with Gasteiger partial charge in [0.05, 0.1) is 6.61 Å². The summed E-state index contributed by atoms with van der Waals surface area (Å²) in [5.74, 6) is 1.14. The molecular weight excluding hydrogens is 300 g/mol. The molecule has 1 amide bonds. The first kappa shape index (κ1) is 17.1. The molecule has 1 fully saturated rings. The van der Waals surface area contributed by atoms with Crippen LogP contribution in [0.1, 0.15) is 30.9 Å². The zero-order chi connectivity index (χ0) is 15.9. The van der Waals surface area contributed by atoms with Gasteiger partial charge in [-0.1, -0.05) is 11.6 Å². The summed E-state index contributed by atoms with van der Waals surface area (Å²) < 4.78 is 5.68. The van der Waals surface area contributed by atoms with Crippen LogP contribution < -0.4 is 10.1 Å². The van der Waals surface area contributed by atoms with Crippen molar-refractivity contribution in [2.45, 2.75) is 33.1 Å². The highest BCUT2D eigenvalue weighted by Crippen LogP contribution is 2.28. The van der Waals surface area contributed by atoms with Gasteiger partial charge in [0.25, 0.3) is 0 Å². The monoisotopic (exact) mass is 324 g/mol. The van der Waals surface area contributed by atoms with Crippen molar-refractivity contribution in [3.05, 3.63) is 28.3 Å².